The van der Waals surface area contributed by atoms with Crippen LogP contribution in [-0.2, 0) is 17.6 Å². The van der Waals surface area contributed by atoms with Crippen LogP contribution < -0.4 is 9.80 Å². The number of hydrogen-bond donors (Lipinski definition) is 0. The largest absolute Gasteiger partial charge is 0.484 e. The molecule has 0 radical (unpaired) electrons. The lowest BCUT2D eigenvalue weighted by Gasteiger charge is -2.33. The average molecular weight is 844 g/mol. The molecule has 3 aliphatic carbocycles. The highest BCUT2D eigenvalue weighted by Crippen LogP contribution is 2.39. The predicted molar refractivity (Wildman–Crippen MR) is 271 cm³/mol. The van der Waals surface area contributed by atoms with Gasteiger partial charge >= 0.3 is 0 Å². The summed E-state index contributed by atoms with van der Waals surface area (Å²) in [6.07, 6.45) is 18.9. The van der Waals surface area contributed by atoms with Crippen LogP contribution in [0, 0.1) is 11.8 Å². The van der Waals surface area contributed by atoms with Crippen LogP contribution in [-0.4, -0.2) is 108 Å². The van der Waals surface area contributed by atoms with E-state index >= 15 is 0 Å². The van der Waals surface area contributed by atoms with E-state index in [9.17, 15) is 0 Å². The predicted octanol–water partition coefficient (Wildman–Crippen LogP) is 10.8. The number of pyridine rings is 1. The van der Waals surface area contributed by atoms with Crippen molar-refractivity contribution in [3.8, 4) is 0 Å². The third-order valence-electron chi connectivity index (χ3n) is 12.3. The minimum Gasteiger partial charge on any atom is -0.484 e. The monoisotopic (exact) mass is 844 g/mol. The molecule has 7 heteroatoms. The van der Waals surface area contributed by atoms with Crippen molar-refractivity contribution in [3.05, 3.63) is 173 Å². The van der Waals surface area contributed by atoms with E-state index in [0.29, 0.717) is 17.8 Å². The molecule has 1 aromatic heterocycles. The number of nitrogens with zero attached hydrogens (tertiary/aromatic N) is 6. The smallest absolute Gasteiger partial charge is 0.203 e. The van der Waals surface area contributed by atoms with E-state index in [1.165, 1.54) is 58.4 Å². The van der Waals surface area contributed by atoms with Crippen molar-refractivity contribution >= 4 is 38.9 Å². The topological polar surface area (TPSA) is 38.1 Å². The van der Waals surface area contributed by atoms with Crippen LogP contribution in [0.15, 0.2) is 151 Å². The Hall–Kier alpha value is -5.92. The lowest BCUT2D eigenvalue weighted by Crippen LogP contribution is -2.29. The minimum absolute atomic E-state index is 0. The number of aryl methyl sites for hydroxylation is 2. The molecule has 0 fully saturated rings. The van der Waals surface area contributed by atoms with Crippen LogP contribution in [0.5, 0.6) is 0 Å². The van der Waals surface area contributed by atoms with Gasteiger partial charge in [-0.1, -0.05) is 87.2 Å². The lowest BCUT2D eigenvalue weighted by molar-refractivity contribution is -0.462. The number of anilines is 2. The van der Waals surface area contributed by atoms with Crippen molar-refractivity contribution in [2.45, 2.75) is 45.6 Å². The third-order valence-corrected chi connectivity index (χ3v) is 12.3. The number of allylic oxidation sites excluding steroid dienone is 4. The van der Waals surface area contributed by atoms with Crippen LogP contribution in [0.2, 0.25) is 0 Å². The highest BCUT2D eigenvalue weighted by Gasteiger charge is 2.30. The second-order valence-corrected chi connectivity index (χ2v) is 18.4. The van der Waals surface area contributed by atoms with Gasteiger partial charge < -0.3 is 24.3 Å². The molecule has 63 heavy (non-hydrogen) atoms. The number of fused-ring (bicyclic) bond motifs is 6. The van der Waals surface area contributed by atoms with Gasteiger partial charge in [-0.25, -0.2) is 9.56 Å². The fourth-order valence-electron chi connectivity index (χ4n) is 8.96. The molecule has 1 aliphatic heterocycles. The van der Waals surface area contributed by atoms with Crippen molar-refractivity contribution in [1.29, 1.82) is 0 Å². The summed E-state index contributed by atoms with van der Waals surface area (Å²) in [5, 5.41) is 2.36. The van der Waals surface area contributed by atoms with Crippen molar-refractivity contribution in [1.82, 2.24) is 14.8 Å². The molecule has 3 atom stereocenters. The summed E-state index contributed by atoms with van der Waals surface area (Å²) < 4.78 is 8.29. The minimum atomic E-state index is 0. The van der Waals surface area contributed by atoms with E-state index in [-0.39, 0.29) is 13.5 Å². The van der Waals surface area contributed by atoms with E-state index in [2.05, 4.69) is 193 Å². The summed E-state index contributed by atoms with van der Waals surface area (Å²) >= 11 is 0. The van der Waals surface area contributed by atoms with Crippen LogP contribution in [0.4, 0.5) is 11.4 Å². The highest BCUT2D eigenvalue weighted by atomic mass is 16.5. The number of hydrogen-bond acceptors (Lipinski definition) is 6. The van der Waals surface area contributed by atoms with E-state index in [0.717, 1.165) is 23.3 Å². The summed E-state index contributed by atoms with van der Waals surface area (Å²) in [6, 6.07) is 33.1. The molecule has 0 saturated carbocycles. The molecule has 0 N–H and O–H groups in total. The maximum absolute atomic E-state index is 6.19. The molecule has 7 nitrogen and oxygen atoms in total. The van der Waals surface area contributed by atoms with Crippen molar-refractivity contribution in [3.63, 3.8) is 0 Å². The average Bonchev–Trinajstić information content (AvgIpc) is 3.40. The van der Waals surface area contributed by atoms with E-state index in [4.69, 9.17) is 9.72 Å². The number of aromatic nitrogens is 1. The molecule has 0 spiro atoms. The summed E-state index contributed by atoms with van der Waals surface area (Å²) in [5.41, 5.74) is 14.2. The second-order valence-electron chi connectivity index (χ2n) is 18.4. The van der Waals surface area contributed by atoms with Gasteiger partial charge in [0.2, 0.25) is 5.71 Å². The molecule has 5 aromatic rings. The van der Waals surface area contributed by atoms with Gasteiger partial charge in [-0.3, -0.25) is 0 Å². The number of ether oxygens (including phenoxy) is 1. The summed E-state index contributed by atoms with van der Waals surface area (Å²) in [6.45, 7) is 3.54. The lowest BCUT2D eigenvalue weighted by atomic mass is 9.82. The van der Waals surface area contributed by atoms with E-state index in [1.807, 2.05) is 42.3 Å². The zero-order valence-electron chi connectivity index (χ0n) is 38.9. The van der Waals surface area contributed by atoms with Gasteiger partial charge in [0.15, 0.2) is 0 Å². The molecule has 4 aliphatic rings. The quantitative estimate of drug-likeness (QED) is 0.120. The Balaban J connectivity index is 0.000000156. The third kappa shape index (κ3) is 11.2. The van der Waals surface area contributed by atoms with Gasteiger partial charge in [0.05, 0.1) is 17.1 Å². The first-order valence-electron chi connectivity index (χ1n) is 22.1. The molecule has 0 saturated heterocycles. The zero-order valence-corrected chi connectivity index (χ0v) is 38.9. The van der Waals surface area contributed by atoms with Crippen molar-refractivity contribution in [2.75, 3.05) is 86.8 Å². The van der Waals surface area contributed by atoms with Crippen LogP contribution in [0.1, 0.15) is 48.9 Å². The molecule has 330 valence electrons. The summed E-state index contributed by atoms with van der Waals surface area (Å²) in [7, 11) is 20.7. The normalized spacial score (nSPS) is 17.6. The Bertz CT molecular complexity index is 2470. The Labute approximate surface area is 378 Å². The van der Waals surface area contributed by atoms with Crippen molar-refractivity contribution < 1.29 is 9.31 Å². The Morgan fingerprint density at radius 1 is 0.683 bits per heavy atom. The van der Waals surface area contributed by atoms with Crippen LogP contribution >= 0.6 is 0 Å². The first-order chi connectivity index (χ1) is 29.7. The Morgan fingerprint density at radius 2 is 1.25 bits per heavy atom. The molecular formula is C56H71N6O+. The Morgan fingerprint density at radius 3 is 1.78 bits per heavy atom. The van der Waals surface area contributed by atoms with E-state index < -0.39 is 0 Å². The Kier molecular flexibility index (Phi) is 15.2. The standard InChI is InChI=1S/C21H27N.C17H19N3.C17H21N2O.CH4/c1-16(15-22(2)3)14-21-19-10-6-4-8-17(19)12-13-18-9-5-7-11-20(18)21;1-19(2)14-7-5-12-9-13-6-8-15(20(3)4)11-17(13)18-16(12)10-14;1-18(2)14-7-5-12-9-13-6-8-15(19(3)4)11-17(13)20-16(12)10-14;/h4-11,16,21H,12-15H2,1-3H3;5-11H,1-4H3;5-12,16H,1-4H3;1H4/q;;+1;. The molecular weight excluding hydrogens is 773 g/mol. The molecule has 0 amide bonds. The van der Waals surface area contributed by atoms with E-state index in [1.54, 1.807) is 22.3 Å². The molecule has 2 heterocycles. The summed E-state index contributed by atoms with van der Waals surface area (Å²) in [5.74, 6) is 2.54. The van der Waals surface area contributed by atoms with Gasteiger partial charge in [0, 0.05) is 100 Å². The SMILES string of the molecule is C.CC(CC1c2ccccc2CCc2ccccc21)CN(C)C.CN(C)C1=CC2OC3=CC(=[N+](C)C)C=CC3=CC2C=C1.CN(C)c1ccc2cc3ccc(N(C)C)cc3nc2c1. The molecule has 9 rings (SSSR count). The maximum atomic E-state index is 6.19. The van der Waals surface area contributed by atoms with Gasteiger partial charge in [0.25, 0.3) is 0 Å². The summed E-state index contributed by atoms with van der Waals surface area (Å²) in [4.78, 5) is 13.4. The van der Waals surface area contributed by atoms with Crippen LogP contribution in [0.3, 0.4) is 0 Å². The number of rotatable bonds is 7. The fraction of sp³-hybridized carbons (Fsp3) is 0.357. The number of likely N-dealkylation sites (N-methyl/N-ethyl adjacent to an activating group) is 1. The first-order valence-corrected chi connectivity index (χ1v) is 22.1. The molecule has 4 aromatic carbocycles. The molecule has 3 unspecified atom stereocenters. The van der Waals surface area contributed by atoms with Gasteiger partial charge in [-0.15, -0.1) is 0 Å². The first kappa shape index (κ1) is 46.6. The number of benzene rings is 4. The van der Waals surface area contributed by atoms with Gasteiger partial charge in [-0.2, -0.15) is 0 Å². The molecule has 0 bridgehead atoms. The van der Waals surface area contributed by atoms with Gasteiger partial charge in [0.1, 0.15) is 26.0 Å². The maximum Gasteiger partial charge on any atom is 0.203 e. The van der Waals surface area contributed by atoms with Gasteiger partial charge in [-0.05, 0) is 110 Å². The van der Waals surface area contributed by atoms with Crippen molar-refractivity contribution in [2.24, 2.45) is 11.8 Å². The zero-order chi connectivity index (χ0) is 44.1. The fourth-order valence-corrected chi connectivity index (χ4v) is 8.96. The highest BCUT2D eigenvalue weighted by molar-refractivity contribution is 6.03. The van der Waals surface area contributed by atoms with Crippen LogP contribution in [0.25, 0.3) is 21.8 Å². The second kappa shape index (κ2) is 20.5.